The van der Waals surface area contributed by atoms with E-state index >= 15 is 0 Å². The van der Waals surface area contributed by atoms with Crippen molar-refractivity contribution in [3.05, 3.63) is 58.0 Å². The van der Waals surface area contributed by atoms with Gasteiger partial charge < -0.3 is 19.3 Å². The van der Waals surface area contributed by atoms with Crippen LogP contribution in [0.3, 0.4) is 0 Å². The number of rotatable bonds is 5. The molecule has 3 heterocycles. The van der Waals surface area contributed by atoms with E-state index in [2.05, 4.69) is 9.47 Å². The van der Waals surface area contributed by atoms with Crippen LogP contribution in [0.25, 0.3) is 28.2 Å². The average molecular weight is 550 g/mol. The summed E-state index contributed by atoms with van der Waals surface area (Å²) < 4.78 is 37.4. The summed E-state index contributed by atoms with van der Waals surface area (Å²) in [7, 11) is -0.142. The molecule has 206 valence electrons. The van der Waals surface area contributed by atoms with E-state index < -0.39 is 16.0 Å². The lowest BCUT2D eigenvalue weighted by Crippen LogP contribution is -2.47. The van der Waals surface area contributed by atoms with Crippen LogP contribution < -0.4 is 4.74 Å². The number of hydrogen-bond donors (Lipinski definition) is 1. The van der Waals surface area contributed by atoms with Gasteiger partial charge in [0.1, 0.15) is 5.75 Å². The molecule has 0 atom stereocenters. The van der Waals surface area contributed by atoms with Gasteiger partial charge in [-0.2, -0.15) is 4.31 Å². The molecule has 1 aliphatic carbocycles. The van der Waals surface area contributed by atoms with E-state index in [-0.39, 0.29) is 12.1 Å². The van der Waals surface area contributed by atoms with Crippen LogP contribution in [0.4, 0.5) is 0 Å². The molecule has 8 nitrogen and oxygen atoms in total. The molecule has 1 saturated carbocycles. The second-order valence-corrected chi connectivity index (χ2v) is 13.0. The molecule has 1 saturated heterocycles. The van der Waals surface area contributed by atoms with E-state index in [1.54, 1.807) is 29.6 Å². The van der Waals surface area contributed by atoms with Crippen LogP contribution in [-0.2, 0) is 16.6 Å². The van der Waals surface area contributed by atoms with Crippen molar-refractivity contribution in [2.24, 2.45) is 0 Å². The summed E-state index contributed by atoms with van der Waals surface area (Å²) in [4.78, 5) is 14.4. The monoisotopic (exact) mass is 549 g/mol. The van der Waals surface area contributed by atoms with Gasteiger partial charge >= 0.3 is 5.97 Å². The molecule has 2 fully saturated rings. The predicted molar refractivity (Wildman–Crippen MR) is 153 cm³/mol. The van der Waals surface area contributed by atoms with Gasteiger partial charge in [0.05, 0.1) is 29.8 Å². The second-order valence-electron chi connectivity index (χ2n) is 11.0. The Bertz CT molecular complexity index is 1580. The minimum absolute atomic E-state index is 0.146. The van der Waals surface area contributed by atoms with Crippen molar-refractivity contribution >= 4 is 33.0 Å². The van der Waals surface area contributed by atoms with Gasteiger partial charge in [0.25, 0.3) is 0 Å². The standard InChI is InChI=1S/C30H35N3O5S/c1-31-12-14-32(15-13-31)39(36,37)24-17-22-16-23(38-2)9-11-25(22)29-28(20-6-4-3-5-7-20)26-10-8-21(30(34)35)18-27(26)33(29)19-24/h8-11,16-18,20H,3-7,12-15,19H2,1-2H3,(H,34,35). The molecule has 6 rings (SSSR count). The zero-order valence-electron chi connectivity index (χ0n) is 22.5. The Morgan fingerprint density at radius 3 is 2.44 bits per heavy atom. The molecule has 0 spiro atoms. The highest BCUT2D eigenvalue weighted by atomic mass is 32.2. The maximum Gasteiger partial charge on any atom is 0.335 e. The molecule has 3 aliphatic rings. The SMILES string of the molecule is COc1ccc2c(c1)C=C(S(=O)(=O)N1CCN(C)CC1)Cn1c-2c(C2CCCCC2)c2ccc(C(=O)O)cc21. The number of aromatic carboxylic acids is 1. The Balaban J connectivity index is 1.62. The molecule has 3 aromatic rings. The number of hydrogen-bond acceptors (Lipinski definition) is 5. The van der Waals surface area contributed by atoms with E-state index in [4.69, 9.17) is 4.74 Å². The molecular formula is C30H35N3O5S. The topological polar surface area (TPSA) is 92.1 Å². The van der Waals surface area contributed by atoms with Gasteiger partial charge in [-0.3, -0.25) is 0 Å². The van der Waals surface area contributed by atoms with Crippen LogP contribution in [0.1, 0.15) is 59.5 Å². The van der Waals surface area contributed by atoms with Crippen molar-refractivity contribution in [1.29, 1.82) is 0 Å². The minimum atomic E-state index is -3.76. The summed E-state index contributed by atoms with van der Waals surface area (Å²) in [5, 5.41) is 10.8. The summed E-state index contributed by atoms with van der Waals surface area (Å²) in [6, 6.07) is 11.2. The van der Waals surface area contributed by atoms with Gasteiger partial charge in [-0.25, -0.2) is 13.2 Å². The fourth-order valence-electron chi connectivity index (χ4n) is 6.50. The number of methoxy groups -OCH3 is 1. The zero-order valence-corrected chi connectivity index (χ0v) is 23.3. The number of benzene rings is 2. The van der Waals surface area contributed by atoms with Crippen LogP contribution >= 0.6 is 0 Å². The lowest BCUT2D eigenvalue weighted by atomic mass is 9.81. The van der Waals surface area contributed by atoms with Crippen LogP contribution in [0.5, 0.6) is 5.75 Å². The normalized spacial score (nSPS) is 19.3. The number of sulfonamides is 1. The molecule has 0 bridgehead atoms. The maximum absolute atomic E-state index is 14.1. The summed E-state index contributed by atoms with van der Waals surface area (Å²) in [5.41, 5.74) is 4.93. The van der Waals surface area contributed by atoms with Crippen LogP contribution in [0, 0.1) is 0 Å². The van der Waals surface area contributed by atoms with E-state index in [9.17, 15) is 18.3 Å². The summed E-state index contributed by atoms with van der Waals surface area (Å²) in [5.74, 6) is 0.00320. The number of carboxylic acids is 1. The highest BCUT2D eigenvalue weighted by molar-refractivity contribution is 7.93. The Hall–Kier alpha value is -3.14. The molecule has 2 aliphatic heterocycles. The summed E-state index contributed by atoms with van der Waals surface area (Å²) in [6.07, 6.45) is 7.46. The first kappa shape index (κ1) is 26.1. The molecule has 0 amide bonds. The Morgan fingerprint density at radius 2 is 1.74 bits per heavy atom. The maximum atomic E-state index is 14.1. The van der Waals surface area contributed by atoms with Crippen molar-refractivity contribution in [3.8, 4) is 17.0 Å². The number of nitrogens with zero attached hydrogens (tertiary/aromatic N) is 3. The Kier molecular flexibility index (Phi) is 6.77. The molecule has 39 heavy (non-hydrogen) atoms. The number of aromatic nitrogens is 1. The van der Waals surface area contributed by atoms with Gasteiger partial charge in [0, 0.05) is 42.6 Å². The fourth-order valence-corrected chi connectivity index (χ4v) is 8.04. The van der Waals surface area contributed by atoms with Crippen molar-refractivity contribution < 1.29 is 23.1 Å². The van der Waals surface area contributed by atoms with Crippen LogP contribution in [0.2, 0.25) is 0 Å². The molecule has 0 radical (unpaired) electrons. The zero-order chi connectivity index (χ0) is 27.3. The van der Waals surface area contributed by atoms with Crippen molar-refractivity contribution in [2.45, 2.75) is 44.6 Å². The lowest BCUT2D eigenvalue weighted by molar-refractivity contribution is 0.0697. The van der Waals surface area contributed by atoms with E-state index in [1.807, 2.05) is 31.3 Å². The third-order valence-electron chi connectivity index (χ3n) is 8.64. The van der Waals surface area contributed by atoms with Gasteiger partial charge in [-0.05, 0) is 73.3 Å². The Morgan fingerprint density at radius 1 is 1.00 bits per heavy atom. The van der Waals surface area contributed by atoms with Crippen LogP contribution in [-0.4, -0.2) is 73.6 Å². The van der Waals surface area contributed by atoms with Crippen LogP contribution in [0.15, 0.2) is 41.3 Å². The minimum Gasteiger partial charge on any atom is -0.497 e. The number of piperazine rings is 1. The largest absolute Gasteiger partial charge is 0.497 e. The third kappa shape index (κ3) is 4.56. The van der Waals surface area contributed by atoms with Crippen molar-refractivity contribution in [2.75, 3.05) is 40.3 Å². The first-order valence-electron chi connectivity index (χ1n) is 13.7. The number of allylic oxidation sites excluding steroid dienone is 1. The molecular weight excluding hydrogens is 514 g/mol. The number of fused-ring (bicyclic) bond motifs is 5. The molecule has 2 aromatic carbocycles. The predicted octanol–water partition coefficient (Wildman–Crippen LogP) is 4.99. The highest BCUT2D eigenvalue weighted by Gasteiger charge is 2.35. The third-order valence-corrected chi connectivity index (χ3v) is 10.6. The molecule has 1 aromatic heterocycles. The highest BCUT2D eigenvalue weighted by Crippen LogP contribution is 2.47. The van der Waals surface area contributed by atoms with Crippen molar-refractivity contribution in [1.82, 2.24) is 13.8 Å². The first-order valence-corrected chi connectivity index (χ1v) is 15.2. The van der Waals surface area contributed by atoms with E-state index in [0.29, 0.717) is 42.8 Å². The smallest absolute Gasteiger partial charge is 0.335 e. The molecule has 0 unspecified atom stereocenters. The number of carboxylic acid groups (broad SMARTS) is 1. The number of carbonyl (C=O) groups is 1. The van der Waals surface area contributed by atoms with Gasteiger partial charge in [-0.15, -0.1) is 0 Å². The second kappa shape index (κ2) is 10.1. The fraction of sp³-hybridized carbons (Fsp3) is 0.433. The van der Waals surface area contributed by atoms with Gasteiger partial charge in [0.15, 0.2) is 0 Å². The van der Waals surface area contributed by atoms with E-state index in [1.165, 1.54) is 12.0 Å². The van der Waals surface area contributed by atoms with Gasteiger partial charge in [0.2, 0.25) is 10.0 Å². The molecule has 1 N–H and O–H groups in total. The van der Waals surface area contributed by atoms with Crippen molar-refractivity contribution in [3.63, 3.8) is 0 Å². The lowest BCUT2D eigenvalue weighted by Gasteiger charge is -2.32. The molecule has 9 heteroatoms. The number of ether oxygens (including phenoxy) is 1. The van der Waals surface area contributed by atoms with Gasteiger partial charge in [-0.1, -0.05) is 25.3 Å². The quantitative estimate of drug-likeness (QED) is 0.482. The average Bonchev–Trinajstić information content (AvgIpc) is 3.15. The Labute approximate surface area is 229 Å². The summed E-state index contributed by atoms with van der Waals surface area (Å²) >= 11 is 0. The number of likely N-dealkylation sites (N-methyl/N-ethyl adjacent to an activating group) is 1. The first-order chi connectivity index (χ1) is 18.8. The van der Waals surface area contributed by atoms with E-state index in [0.717, 1.165) is 53.4 Å². The summed E-state index contributed by atoms with van der Waals surface area (Å²) in [6.45, 7) is 2.39.